The van der Waals surface area contributed by atoms with Crippen molar-refractivity contribution >= 4 is 5.91 Å². The standard InChI is InChI=1S/C26H55N3O3/c1-4-20-29-26(30)25(32-23-18-14-10-6-8-12-16-21-28-3)24(2)31-22-17-13-9-5-7-11-15-19-27/h24-25,28H,4-23,27H2,1-3H3,(H,29,30). The van der Waals surface area contributed by atoms with Crippen LogP contribution in [0.15, 0.2) is 0 Å². The molecular weight excluding hydrogens is 402 g/mol. The zero-order chi connectivity index (χ0) is 23.7. The highest BCUT2D eigenvalue weighted by Gasteiger charge is 2.26. The molecule has 0 aromatic heterocycles. The summed E-state index contributed by atoms with van der Waals surface area (Å²) in [5, 5.41) is 6.17. The lowest BCUT2D eigenvalue weighted by Gasteiger charge is -2.24. The molecule has 0 saturated heterocycles. The maximum absolute atomic E-state index is 12.6. The topological polar surface area (TPSA) is 85.6 Å². The molecule has 6 heteroatoms. The van der Waals surface area contributed by atoms with Gasteiger partial charge in [0.05, 0.1) is 6.10 Å². The maximum atomic E-state index is 12.6. The van der Waals surface area contributed by atoms with Crippen molar-refractivity contribution in [3.05, 3.63) is 0 Å². The van der Waals surface area contributed by atoms with Crippen molar-refractivity contribution in [2.45, 2.75) is 122 Å². The number of ether oxygens (including phenoxy) is 2. The molecule has 2 unspecified atom stereocenters. The van der Waals surface area contributed by atoms with Gasteiger partial charge in [0.1, 0.15) is 0 Å². The van der Waals surface area contributed by atoms with Crippen LogP contribution in [0.25, 0.3) is 0 Å². The molecule has 0 bridgehead atoms. The van der Waals surface area contributed by atoms with Crippen molar-refractivity contribution in [1.29, 1.82) is 0 Å². The summed E-state index contributed by atoms with van der Waals surface area (Å²) in [5.41, 5.74) is 5.53. The number of amides is 1. The monoisotopic (exact) mass is 457 g/mol. The summed E-state index contributed by atoms with van der Waals surface area (Å²) in [5.74, 6) is -0.0382. The third-order valence-corrected chi connectivity index (χ3v) is 5.83. The summed E-state index contributed by atoms with van der Waals surface area (Å²) in [4.78, 5) is 12.6. The number of carbonyl (C=O) groups is 1. The summed E-state index contributed by atoms with van der Waals surface area (Å²) in [6.45, 7) is 7.95. The van der Waals surface area contributed by atoms with Gasteiger partial charge in [-0.2, -0.15) is 0 Å². The number of unbranched alkanes of at least 4 members (excludes halogenated alkanes) is 12. The molecule has 0 aliphatic heterocycles. The number of rotatable bonds is 25. The third kappa shape index (κ3) is 20.0. The minimum atomic E-state index is -0.514. The minimum absolute atomic E-state index is 0.0382. The van der Waals surface area contributed by atoms with E-state index in [-0.39, 0.29) is 12.0 Å². The van der Waals surface area contributed by atoms with E-state index in [0.29, 0.717) is 19.8 Å². The zero-order valence-corrected chi connectivity index (χ0v) is 21.6. The second kappa shape index (κ2) is 24.9. The fraction of sp³-hybridized carbons (Fsp3) is 0.962. The molecule has 4 N–H and O–H groups in total. The Morgan fingerprint density at radius 2 is 1.25 bits per heavy atom. The van der Waals surface area contributed by atoms with Crippen LogP contribution in [0.3, 0.4) is 0 Å². The molecule has 0 aliphatic carbocycles. The average molecular weight is 458 g/mol. The first-order chi connectivity index (χ1) is 15.7. The molecule has 0 saturated carbocycles. The first-order valence-corrected chi connectivity index (χ1v) is 13.5. The van der Waals surface area contributed by atoms with Gasteiger partial charge in [-0.15, -0.1) is 0 Å². The van der Waals surface area contributed by atoms with Gasteiger partial charge in [-0.1, -0.05) is 71.1 Å². The van der Waals surface area contributed by atoms with Crippen molar-refractivity contribution < 1.29 is 14.3 Å². The molecule has 0 spiro atoms. The SMILES string of the molecule is CCCNC(=O)C(OCCCCCCCCCNC)C(C)OCCCCCCCCCN. The molecule has 0 aromatic rings. The van der Waals surface area contributed by atoms with Gasteiger partial charge < -0.3 is 25.8 Å². The zero-order valence-electron chi connectivity index (χ0n) is 21.6. The molecule has 0 aromatic carbocycles. The van der Waals surface area contributed by atoms with E-state index in [4.69, 9.17) is 15.2 Å². The van der Waals surface area contributed by atoms with E-state index in [0.717, 1.165) is 45.2 Å². The van der Waals surface area contributed by atoms with E-state index in [1.807, 2.05) is 14.0 Å². The lowest BCUT2D eigenvalue weighted by molar-refractivity contribution is -0.143. The normalized spacial score (nSPS) is 13.2. The fourth-order valence-corrected chi connectivity index (χ4v) is 3.76. The maximum Gasteiger partial charge on any atom is 0.251 e. The number of nitrogens with two attached hydrogens (primary N) is 1. The first kappa shape index (κ1) is 31.3. The molecule has 0 radical (unpaired) electrons. The van der Waals surface area contributed by atoms with E-state index in [9.17, 15) is 4.79 Å². The van der Waals surface area contributed by atoms with Crippen molar-refractivity contribution in [3.8, 4) is 0 Å². The molecule has 0 rings (SSSR count). The molecule has 0 aliphatic rings. The van der Waals surface area contributed by atoms with Crippen LogP contribution in [-0.4, -0.2) is 58.0 Å². The second-order valence-corrected chi connectivity index (χ2v) is 9.00. The van der Waals surface area contributed by atoms with Gasteiger partial charge in [-0.05, 0) is 59.2 Å². The van der Waals surface area contributed by atoms with Crippen molar-refractivity contribution in [3.63, 3.8) is 0 Å². The molecule has 6 nitrogen and oxygen atoms in total. The quantitative estimate of drug-likeness (QED) is 0.169. The molecule has 0 fully saturated rings. The summed E-state index contributed by atoms with van der Waals surface area (Å²) in [6, 6.07) is 0. The Bertz CT molecular complexity index is 397. The molecular formula is C26H55N3O3. The molecule has 0 heterocycles. The van der Waals surface area contributed by atoms with Gasteiger partial charge in [0.2, 0.25) is 0 Å². The molecule has 32 heavy (non-hydrogen) atoms. The number of carbonyl (C=O) groups excluding carboxylic acids is 1. The average Bonchev–Trinajstić information content (AvgIpc) is 2.79. The Hall–Kier alpha value is -0.690. The molecule has 192 valence electrons. The van der Waals surface area contributed by atoms with E-state index >= 15 is 0 Å². The van der Waals surface area contributed by atoms with Gasteiger partial charge in [0, 0.05) is 19.8 Å². The summed E-state index contributed by atoms with van der Waals surface area (Å²) in [6.07, 6.45) is 17.2. The number of hydrogen-bond donors (Lipinski definition) is 3. The first-order valence-electron chi connectivity index (χ1n) is 13.5. The van der Waals surface area contributed by atoms with E-state index in [1.165, 1.54) is 64.2 Å². The van der Waals surface area contributed by atoms with Crippen LogP contribution in [0.1, 0.15) is 110 Å². The molecule has 1 amide bonds. The smallest absolute Gasteiger partial charge is 0.251 e. The van der Waals surface area contributed by atoms with Crippen LogP contribution >= 0.6 is 0 Å². The van der Waals surface area contributed by atoms with Gasteiger partial charge in [-0.3, -0.25) is 4.79 Å². The number of hydrogen-bond acceptors (Lipinski definition) is 5. The van der Waals surface area contributed by atoms with Crippen molar-refractivity contribution in [2.75, 3.05) is 39.9 Å². The number of nitrogens with one attached hydrogen (secondary N) is 2. The summed E-state index contributed by atoms with van der Waals surface area (Å²) >= 11 is 0. The van der Waals surface area contributed by atoms with Crippen LogP contribution in [0.2, 0.25) is 0 Å². The van der Waals surface area contributed by atoms with Gasteiger partial charge >= 0.3 is 0 Å². The van der Waals surface area contributed by atoms with Crippen LogP contribution < -0.4 is 16.4 Å². The predicted octanol–water partition coefficient (Wildman–Crippen LogP) is 4.94. The summed E-state index contributed by atoms with van der Waals surface area (Å²) in [7, 11) is 2.01. The Labute approximate surface area is 199 Å². The van der Waals surface area contributed by atoms with Crippen LogP contribution in [0, 0.1) is 0 Å². The van der Waals surface area contributed by atoms with E-state index < -0.39 is 6.10 Å². The Kier molecular flexibility index (Phi) is 24.4. The predicted molar refractivity (Wildman–Crippen MR) is 136 cm³/mol. The highest BCUT2D eigenvalue weighted by Crippen LogP contribution is 2.12. The van der Waals surface area contributed by atoms with E-state index in [2.05, 4.69) is 17.6 Å². The highest BCUT2D eigenvalue weighted by atomic mass is 16.5. The third-order valence-electron chi connectivity index (χ3n) is 5.83. The van der Waals surface area contributed by atoms with E-state index in [1.54, 1.807) is 0 Å². The summed E-state index contributed by atoms with van der Waals surface area (Å²) < 4.78 is 12.0. The lowest BCUT2D eigenvalue weighted by Crippen LogP contribution is -2.44. The fourth-order valence-electron chi connectivity index (χ4n) is 3.76. The molecule has 2 atom stereocenters. The Morgan fingerprint density at radius 1 is 0.750 bits per heavy atom. The lowest BCUT2D eigenvalue weighted by atomic mass is 10.1. The van der Waals surface area contributed by atoms with Crippen molar-refractivity contribution in [1.82, 2.24) is 10.6 Å². The highest BCUT2D eigenvalue weighted by molar-refractivity contribution is 5.81. The van der Waals surface area contributed by atoms with Gasteiger partial charge in [0.15, 0.2) is 6.10 Å². The van der Waals surface area contributed by atoms with Crippen molar-refractivity contribution in [2.24, 2.45) is 5.73 Å². The van der Waals surface area contributed by atoms with Crippen LogP contribution in [-0.2, 0) is 14.3 Å². The van der Waals surface area contributed by atoms with Gasteiger partial charge in [0.25, 0.3) is 5.91 Å². The second-order valence-electron chi connectivity index (χ2n) is 9.00. The minimum Gasteiger partial charge on any atom is -0.375 e. The Balaban J connectivity index is 4.00. The Morgan fingerprint density at radius 3 is 1.78 bits per heavy atom. The van der Waals surface area contributed by atoms with Crippen LogP contribution in [0.4, 0.5) is 0 Å². The van der Waals surface area contributed by atoms with Crippen LogP contribution in [0.5, 0.6) is 0 Å². The largest absolute Gasteiger partial charge is 0.375 e. The van der Waals surface area contributed by atoms with Gasteiger partial charge in [-0.25, -0.2) is 0 Å².